The van der Waals surface area contributed by atoms with Crippen LogP contribution in [0.4, 0.5) is 0 Å². The van der Waals surface area contributed by atoms with E-state index in [4.69, 9.17) is 4.74 Å². The zero-order valence-corrected chi connectivity index (χ0v) is 14.7. The van der Waals surface area contributed by atoms with Crippen LogP contribution in [0.1, 0.15) is 40.5 Å². The number of nitrogens with zero attached hydrogens (tertiary/aromatic N) is 1. The normalized spacial score (nSPS) is 15.8. The Morgan fingerprint density at radius 1 is 0.926 bits per heavy atom. The highest BCUT2D eigenvalue weighted by Gasteiger charge is 2.29. The maximum atomic E-state index is 12.9. The van der Waals surface area contributed by atoms with Gasteiger partial charge < -0.3 is 14.4 Å². The van der Waals surface area contributed by atoms with E-state index < -0.39 is 11.9 Å². The molecule has 5 heteroatoms. The van der Waals surface area contributed by atoms with Crippen LogP contribution in [0.3, 0.4) is 0 Å². The van der Waals surface area contributed by atoms with Gasteiger partial charge in [0, 0.05) is 17.8 Å². The number of carbonyl (C=O) groups is 2. The summed E-state index contributed by atoms with van der Waals surface area (Å²) in [4.78, 5) is 24.4. The molecule has 2 aromatic carbocycles. The smallest absolute Gasteiger partial charge is 0.312 e. The van der Waals surface area contributed by atoms with Crippen molar-refractivity contribution in [1.82, 2.24) is 4.57 Å². The molecular weight excluding hydrogens is 342 g/mol. The van der Waals surface area contributed by atoms with Gasteiger partial charge in [-0.25, -0.2) is 0 Å². The van der Waals surface area contributed by atoms with Crippen molar-refractivity contribution >= 4 is 11.8 Å². The fraction of sp³-hybridized carbons (Fsp3) is 0.182. The van der Waals surface area contributed by atoms with Crippen molar-refractivity contribution < 1.29 is 19.4 Å². The van der Waals surface area contributed by atoms with Crippen LogP contribution in [0.25, 0.3) is 0 Å². The monoisotopic (exact) mass is 361 g/mol. The number of hydrogen-bond acceptors (Lipinski definition) is 3. The van der Waals surface area contributed by atoms with E-state index in [1.807, 2.05) is 34.9 Å². The van der Waals surface area contributed by atoms with Gasteiger partial charge in [0.15, 0.2) is 0 Å². The highest BCUT2D eigenvalue weighted by molar-refractivity contribution is 6.08. The number of carbonyl (C=O) groups excluding carboxylic acids is 1. The van der Waals surface area contributed by atoms with E-state index >= 15 is 0 Å². The summed E-state index contributed by atoms with van der Waals surface area (Å²) in [7, 11) is 0. The molecule has 0 amide bonds. The molecule has 0 saturated heterocycles. The summed E-state index contributed by atoms with van der Waals surface area (Å²) in [6.07, 6.45) is 1.36. The van der Waals surface area contributed by atoms with Crippen molar-refractivity contribution in [3.05, 3.63) is 83.7 Å². The lowest BCUT2D eigenvalue weighted by atomic mass is 9.96. The number of aromatic nitrogens is 1. The van der Waals surface area contributed by atoms with Crippen LogP contribution >= 0.6 is 0 Å². The predicted octanol–water partition coefficient (Wildman–Crippen LogP) is 4.47. The Morgan fingerprint density at radius 3 is 2.33 bits per heavy atom. The highest BCUT2D eigenvalue weighted by Crippen LogP contribution is 2.31. The molecule has 1 unspecified atom stereocenters. The summed E-state index contributed by atoms with van der Waals surface area (Å²) in [5, 5.41) is 9.39. The molecule has 0 aliphatic carbocycles. The molecule has 0 saturated carbocycles. The molecule has 1 aromatic heterocycles. The van der Waals surface area contributed by atoms with Crippen LogP contribution in [-0.4, -0.2) is 21.4 Å². The standard InChI is InChI=1S/C22H19NO4/c24-21(20-13-12-19-18(22(25)26)7-4-14-23(19)20)15-8-10-17(11-9-15)27-16-5-2-1-3-6-16/h1-3,5-6,8-13,18H,4,7,14H2,(H,25,26). The number of ether oxygens (including phenoxy) is 1. The van der Waals surface area contributed by atoms with Gasteiger partial charge in [0.05, 0.1) is 11.6 Å². The van der Waals surface area contributed by atoms with Crippen molar-refractivity contribution in [3.8, 4) is 11.5 Å². The molecule has 4 rings (SSSR count). The van der Waals surface area contributed by atoms with E-state index in [1.54, 1.807) is 36.4 Å². The summed E-state index contributed by atoms with van der Waals surface area (Å²) in [6, 6.07) is 19.9. The molecule has 1 atom stereocenters. The van der Waals surface area contributed by atoms with Crippen molar-refractivity contribution in [2.75, 3.05) is 0 Å². The second-order valence-corrected chi connectivity index (χ2v) is 6.60. The van der Waals surface area contributed by atoms with Gasteiger partial charge in [-0.2, -0.15) is 0 Å². The molecule has 5 nitrogen and oxygen atoms in total. The average Bonchev–Trinajstić information content (AvgIpc) is 3.13. The topological polar surface area (TPSA) is 68.5 Å². The van der Waals surface area contributed by atoms with Gasteiger partial charge in [-0.15, -0.1) is 0 Å². The summed E-state index contributed by atoms with van der Waals surface area (Å²) < 4.78 is 7.60. The molecule has 0 fully saturated rings. The number of carboxylic acid groups (broad SMARTS) is 1. The quantitative estimate of drug-likeness (QED) is 0.681. The Morgan fingerprint density at radius 2 is 1.63 bits per heavy atom. The Labute approximate surface area is 156 Å². The van der Waals surface area contributed by atoms with E-state index in [1.165, 1.54) is 0 Å². The zero-order valence-electron chi connectivity index (χ0n) is 14.7. The molecule has 0 spiro atoms. The third kappa shape index (κ3) is 3.36. The van der Waals surface area contributed by atoms with Gasteiger partial charge in [0.25, 0.3) is 0 Å². The lowest BCUT2D eigenvalue weighted by Gasteiger charge is -2.23. The first-order valence-electron chi connectivity index (χ1n) is 8.93. The maximum Gasteiger partial charge on any atom is 0.312 e. The van der Waals surface area contributed by atoms with E-state index in [9.17, 15) is 14.7 Å². The molecule has 1 aliphatic heterocycles. The summed E-state index contributed by atoms with van der Waals surface area (Å²) in [5.41, 5.74) is 1.79. The third-order valence-corrected chi connectivity index (χ3v) is 4.87. The summed E-state index contributed by atoms with van der Waals surface area (Å²) in [5.74, 6) is -0.103. The SMILES string of the molecule is O=C(c1ccc(Oc2ccccc2)cc1)c1ccc2n1CCCC2C(=O)O. The van der Waals surface area contributed by atoms with Gasteiger partial charge in [-0.3, -0.25) is 9.59 Å². The maximum absolute atomic E-state index is 12.9. The van der Waals surface area contributed by atoms with Crippen LogP contribution in [0.5, 0.6) is 11.5 Å². The molecule has 1 N–H and O–H groups in total. The number of ketones is 1. The van der Waals surface area contributed by atoms with Crippen molar-refractivity contribution in [3.63, 3.8) is 0 Å². The third-order valence-electron chi connectivity index (χ3n) is 4.87. The second-order valence-electron chi connectivity index (χ2n) is 6.60. The van der Waals surface area contributed by atoms with E-state index in [0.29, 0.717) is 35.7 Å². The number of carboxylic acids is 1. The van der Waals surface area contributed by atoms with Gasteiger partial charge in [0.2, 0.25) is 5.78 Å². The van der Waals surface area contributed by atoms with Crippen molar-refractivity contribution in [1.29, 1.82) is 0 Å². The molecule has 136 valence electrons. The number of aliphatic carboxylic acids is 1. The molecule has 27 heavy (non-hydrogen) atoms. The molecule has 3 aromatic rings. The Bertz CT molecular complexity index is 973. The number of benzene rings is 2. The summed E-state index contributed by atoms with van der Waals surface area (Å²) in [6.45, 7) is 0.669. The van der Waals surface area contributed by atoms with Gasteiger partial charge >= 0.3 is 5.97 Å². The van der Waals surface area contributed by atoms with Crippen LogP contribution < -0.4 is 4.74 Å². The predicted molar refractivity (Wildman–Crippen MR) is 100 cm³/mol. The number of para-hydroxylation sites is 1. The Kier molecular flexibility index (Phi) is 4.50. The van der Waals surface area contributed by atoms with Crippen LogP contribution in [0.2, 0.25) is 0 Å². The van der Waals surface area contributed by atoms with Gasteiger partial charge in [0.1, 0.15) is 11.5 Å². The van der Waals surface area contributed by atoms with Crippen LogP contribution in [-0.2, 0) is 11.3 Å². The molecule has 0 radical (unpaired) electrons. The van der Waals surface area contributed by atoms with Crippen molar-refractivity contribution in [2.45, 2.75) is 25.3 Å². The number of rotatable bonds is 5. The molecule has 1 aliphatic rings. The second kappa shape index (κ2) is 7.11. The van der Waals surface area contributed by atoms with Crippen LogP contribution in [0.15, 0.2) is 66.7 Å². The summed E-state index contributed by atoms with van der Waals surface area (Å²) >= 11 is 0. The lowest BCUT2D eigenvalue weighted by molar-refractivity contribution is -0.139. The zero-order chi connectivity index (χ0) is 18.8. The van der Waals surface area contributed by atoms with Gasteiger partial charge in [-0.1, -0.05) is 18.2 Å². The largest absolute Gasteiger partial charge is 0.481 e. The number of fused-ring (bicyclic) bond motifs is 1. The first-order valence-corrected chi connectivity index (χ1v) is 8.93. The Hall–Kier alpha value is -3.34. The lowest BCUT2D eigenvalue weighted by Crippen LogP contribution is -2.23. The van der Waals surface area contributed by atoms with Gasteiger partial charge in [-0.05, 0) is 61.4 Å². The fourth-order valence-corrected chi connectivity index (χ4v) is 3.53. The Balaban J connectivity index is 1.56. The first-order chi connectivity index (χ1) is 13.1. The average molecular weight is 361 g/mol. The molecule has 0 bridgehead atoms. The van der Waals surface area contributed by atoms with Crippen LogP contribution in [0, 0.1) is 0 Å². The minimum atomic E-state index is -0.838. The fourth-order valence-electron chi connectivity index (χ4n) is 3.53. The molecular formula is C22H19NO4. The number of hydrogen-bond donors (Lipinski definition) is 1. The van der Waals surface area contributed by atoms with E-state index in [-0.39, 0.29) is 5.78 Å². The highest BCUT2D eigenvalue weighted by atomic mass is 16.5. The molecule has 2 heterocycles. The van der Waals surface area contributed by atoms with E-state index in [2.05, 4.69) is 0 Å². The van der Waals surface area contributed by atoms with Crippen molar-refractivity contribution in [2.24, 2.45) is 0 Å². The minimum Gasteiger partial charge on any atom is -0.481 e. The first kappa shape index (κ1) is 17.1. The van der Waals surface area contributed by atoms with E-state index in [0.717, 1.165) is 12.2 Å². The minimum absolute atomic E-state index is 0.112.